The molecule has 78 valence electrons. The molecule has 0 radical (unpaired) electrons. The summed E-state index contributed by atoms with van der Waals surface area (Å²) in [5, 5.41) is 8.63. The van der Waals surface area contributed by atoms with E-state index in [1.165, 1.54) is 0 Å². The van der Waals surface area contributed by atoms with Crippen LogP contribution in [0.1, 0.15) is 25.2 Å². The maximum atomic E-state index is 8.63. The Morgan fingerprint density at radius 3 is 2.80 bits per heavy atom. The highest BCUT2D eigenvalue weighted by Crippen LogP contribution is 2.11. The Hall–Kier alpha value is -1.82. The summed E-state index contributed by atoms with van der Waals surface area (Å²) in [6.45, 7) is 5.93. The van der Waals surface area contributed by atoms with Crippen LogP contribution in [0.25, 0.3) is 5.65 Å². The van der Waals surface area contributed by atoms with E-state index in [0.29, 0.717) is 6.42 Å². The van der Waals surface area contributed by atoms with Gasteiger partial charge < -0.3 is 4.40 Å². The Morgan fingerprint density at radius 2 is 2.13 bits per heavy atom. The number of aromatic nitrogens is 2. The molecule has 0 aliphatic carbocycles. The molecule has 15 heavy (non-hydrogen) atoms. The number of nitrogens with zero attached hydrogens (tertiary/aromatic N) is 3. The topological polar surface area (TPSA) is 41.1 Å². The number of hydrogen-bond donors (Lipinski definition) is 0. The SMILES string of the molecule is CC.Cc1nc2ccccn2c1CC#N. The number of nitriles is 1. The number of aryl methyl sites for hydroxylation is 1. The van der Waals surface area contributed by atoms with Crippen molar-refractivity contribution in [1.82, 2.24) is 9.38 Å². The summed E-state index contributed by atoms with van der Waals surface area (Å²) >= 11 is 0. The van der Waals surface area contributed by atoms with Crippen molar-refractivity contribution >= 4 is 5.65 Å². The highest BCUT2D eigenvalue weighted by Gasteiger charge is 2.06. The molecule has 0 fully saturated rings. The second-order valence-corrected chi connectivity index (χ2v) is 2.91. The first-order valence-electron chi connectivity index (χ1n) is 5.12. The van der Waals surface area contributed by atoms with E-state index in [1.54, 1.807) is 0 Å². The van der Waals surface area contributed by atoms with E-state index in [2.05, 4.69) is 11.1 Å². The fraction of sp³-hybridized carbons (Fsp3) is 0.333. The molecule has 0 saturated carbocycles. The molecule has 0 saturated heterocycles. The van der Waals surface area contributed by atoms with Crippen LogP contribution in [0, 0.1) is 18.3 Å². The zero-order chi connectivity index (χ0) is 11.3. The molecular weight excluding hydrogens is 186 g/mol. The quantitative estimate of drug-likeness (QED) is 0.711. The van der Waals surface area contributed by atoms with Crippen molar-refractivity contribution in [1.29, 1.82) is 5.26 Å². The van der Waals surface area contributed by atoms with Gasteiger partial charge in [0.2, 0.25) is 0 Å². The van der Waals surface area contributed by atoms with Crippen LogP contribution in [0.4, 0.5) is 0 Å². The largest absolute Gasteiger partial charge is 0.303 e. The molecule has 2 aromatic heterocycles. The Bertz CT molecular complexity index is 477. The van der Waals surface area contributed by atoms with Crippen molar-refractivity contribution in [3.05, 3.63) is 35.8 Å². The van der Waals surface area contributed by atoms with Crippen LogP contribution < -0.4 is 0 Å². The van der Waals surface area contributed by atoms with Crippen LogP contribution in [0.3, 0.4) is 0 Å². The minimum absolute atomic E-state index is 0.414. The lowest BCUT2D eigenvalue weighted by Crippen LogP contribution is -1.91. The minimum atomic E-state index is 0.414. The second kappa shape index (κ2) is 5.16. The first kappa shape index (κ1) is 11.3. The predicted molar refractivity (Wildman–Crippen MR) is 60.6 cm³/mol. The molecule has 2 aromatic rings. The van der Waals surface area contributed by atoms with E-state index < -0.39 is 0 Å². The lowest BCUT2D eigenvalue weighted by molar-refractivity contribution is 1.04. The van der Waals surface area contributed by atoms with Crippen LogP contribution in [0.15, 0.2) is 24.4 Å². The molecule has 0 bridgehead atoms. The number of pyridine rings is 1. The molecule has 3 heteroatoms. The zero-order valence-corrected chi connectivity index (χ0v) is 9.36. The first-order chi connectivity index (χ1) is 7.33. The summed E-state index contributed by atoms with van der Waals surface area (Å²) in [7, 11) is 0. The molecular formula is C12H15N3. The number of imidazole rings is 1. The van der Waals surface area contributed by atoms with E-state index >= 15 is 0 Å². The molecule has 0 unspecified atom stereocenters. The Kier molecular flexibility index (Phi) is 3.87. The van der Waals surface area contributed by atoms with Gasteiger partial charge in [0.05, 0.1) is 23.9 Å². The van der Waals surface area contributed by atoms with E-state index in [9.17, 15) is 0 Å². The van der Waals surface area contributed by atoms with E-state index in [-0.39, 0.29) is 0 Å². The van der Waals surface area contributed by atoms with Crippen molar-refractivity contribution in [3.8, 4) is 6.07 Å². The molecule has 2 rings (SSSR count). The monoisotopic (exact) mass is 201 g/mol. The number of fused-ring (bicyclic) bond motifs is 1. The van der Waals surface area contributed by atoms with Gasteiger partial charge >= 0.3 is 0 Å². The van der Waals surface area contributed by atoms with Crippen LogP contribution >= 0.6 is 0 Å². The van der Waals surface area contributed by atoms with Gasteiger partial charge in [0.15, 0.2) is 0 Å². The van der Waals surface area contributed by atoms with E-state index in [0.717, 1.165) is 17.0 Å². The number of rotatable bonds is 1. The lowest BCUT2D eigenvalue weighted by Gasteiger charge is -1.95. The maximum absolute atomic E-state index is 8.63. The third-order valence-corrected chi connectivity index (χ3v) is 2.08. The highest BCUT2D eigenvalue weighted by molar-refractivity contribution is 5.43. The molecule has 0 spiro atoms. The average Bonchev–Trinajstić information content (AvgIpc) is 2.59. The second-order valence-electron chi connectivity index (χ2n) is 2.91. The van der Waals surface area contributed by atoms with Crippen molar-refractivity contribution in [2.24, 2.45) is 0 Å². The van der Waals surface area contributed by atoms with Gasteiger partial charge in [-0.2, -0.15) is 5.26 Å². The fourth-order valence-corrected chi connectivity index (χ4v) is 1.45. The summed E-state index contributed by atoms with van der Waals surface area (Å²) in [6.07, 6.45) is 2.35. The van der Waals surface area contributed by atoms with Crippen LogP contribution in [-0.4, -0.2) is 9.38 Å². The molecule has 0 aliphatic heterocycles. The molecule has 0 amide bonds. The summed E-state index contributed by atoms with van der Waals surface area (Å²) in [6, 6.07) is 7.96. The van der Waals surface area contributed by atoms with Gasteiger partial charge in [-0.3, -0.25) is 0 Å². The first-order valence-corrected chi connectivity index (χ1v) is 5.12. The Morgan fingerprint density at radius 1 is 1.40 bits per heavy atom. The van der Waals surface area contributed by atoms with Crippen LogP contribution in [0.5, 0.6) is 0 Å². The smallest absolute Gasteiger partial charge is 0.137 e. The normalized spacial score (nSPS) is 9.20. The molecule has 0 N–H and O–H groups in total. The Labute approximate surface area is 90.0 Å². The number of hydrogen-bond acceptors (Lipinski definition) is 2. The van der Waals surface area contributed by atoms with Gasteiger partial charge in [-0.15, -0.1) is 0 Å². The molecule has 3 nitrogen and oxygen atoms in total. The lowest BCUT2D eigenvalue weighted by atomic mass is 10.3. The van der Waals surface area contributed by atoms with Crippen molar-refractivity contribution < 1.29 is 0 Å². The summed E-state index contributed by atoms with van der Waals surface area (Å²) in [5.74, 6) is 0. The summed E-state index contributed by atoms with van der Waals surface area (Å²) in [4.78, 5) is 4.34. The van der Waals surface area contributed by atoms with Gasteiger partial charge in [-0.1, -0.05) is 19.9 Å². The van der Waals surface area contributed by atoms with Crippen molar-refractivity contribution in [2.75, 3.05) is 0 Å². The minimum Gasteiger partial charge on any atom is -0.303 e. The standard InChI is InChI=1S/C10H9N3.C2H6/c1-8-9(5-6-11)13-7-3-2-4-10(13)12-8;1-2/h2-4,7H,5H2,1H3;1-2H3. The zero-order valence-electron chi connectivity index (χ0n) is 9.36. The molecule has 0 atom stereocenters. The predicted octanol–water partition coefficient (Wildman–Crippen LogP) is 2.74. The average molecular weight is 201 g/mol. The van der Waals surface area contributed by atoms with E-state index in [1.807, 2.05) is 49.6 Å². The van der Waals surface area contributed by atoms with Gasteiger partial charge in [0, 0.05) is 6.20 Å². The van der Waals surface area contributed by atoms with Crippen LogP contribution in [0.2, 0.25) is 0 Å². The van der Waals surface area contributed by atoms with Crippen molar-refractivity contribution in [2.45, 2.75) is 27.2 Å². The fourth-order valence-electron chi connectivity index (χ4n) is 1.45. The third-order valence-electron chi connectivity index (χ3n) is 2.08. The van der Waals surface area contributed by atoms with Crippen LogP contribution in [-0.2, 0) is 6.42 Å². The summed E-state index contributed by atoms with van der Waals surface area (Å²) < 4.78 is 1.96. The summed E-state index contributed by atoms with van der Waals surface area (Å²) in [5.41, 5.74) is 2.83. The van der Waals surface area contributed by atoms with Gasteiger partial charge in [0.1, 0.15) is 5.65 Å². The van der Waals surface area contributed by atoms with Crippen molar-refractivity contribution in [3.63, 3.8) is 0 Å². The highest BCUT2D eigenvalue weighted by atomic mass is 15.0. The van der Waals surface area contributed by atoms with Gasteiger partial charge in [-0.25, -0.2) is 4.98 Å². The Balaban J connectivity index is 0.000000531. The molecule has 0 aliphatic rings. The molecule has 2 heterocycles. The maximum Gasteiger partial charge on any atom is 0.137 e. The van der Waals surface area contributed by atoms with Gasteiger partial charge in [0.25, 0.3) is 0 Å². The van der Waals surface area contributed by atoms with Gasteiger partial charge in [-0.05, 0) is 19.1 Å². The van der Waals surface area contributed by atoms with E-state index in [4.69, 9.17) is 5.26 Å². The molecule has 0 aromatic carbocycles. The third kappa shape index (κ3) is 2.16.